The minimum Gasteiger partial charge on any atom is -0.372 e. The number of nitrogens with zero attached hydrogens (tertiary/aromatic N) is 6. The summed E-state index contributed by atoms with van der Waals surface area (Å²) < 4.78 is 42.7. The third kappa shape index (κ3) is 3.26. The summed E-state index contributed by atoms with van der Waals surface area (Å²) >= 11 is 5.97. The first-order valence-corrected chi connectivity index (χ1v) is 8.81. The Hall–Kier alpha value is -2.82. The Bertz CT molecular complexity index is 1030. The van der Waals surface area contributed by atoms with Crippen molar-refractivity contribution in [3.05, 3.63) is 40.8 Å². The van der Waals surface area contributed by atoms with Crippen LogP contribution in [0, 0.1) is 6.92 Å². The Kier molecular flexibility index (Phi) is 4.41. The van der Waals surface area contributed by atoms with Gasteiger partial charge in [-0.05, 0) is 13.3 Å². The van der Waals surface area contributed by atoms with E-state index in [1.165, 1.54) is 7.05 Å². The van der Waals surface area contributed by atoms with E-state index in [1.54, 1.807) is 24.0 Å². The fourth-order valence-corrected chi connectivity index (χ4v) is 3.41. The first-order chi connectivity index (χ1) is 13.3. The van der Waals surface area contributed by atoms with E-state index < -0.39 is 11.7 Å². The van der Waals surface area contributed by atoms with Crippen molar-refractivity contribution < 1.29 is 13.2 Å². The van der Waals surface area contributed by atoms with Crippen LogP contribution in [-0.2, 0) is 12.7 Å². The topological polar surface area (TPSA) is 85.5 Å². The van der Waals surface area contributed by atoms with Gasteiger partial charge in [0.1, 0.15) is 28.4 Å². The monoisotopic (exact) mass is 412 g/mol. The third-order valence-corrected chi connectivity index (χ3v) is 4.71. The molecule has 4 rings (SSSR count). The van der Waals surface area contributed by atoms with Crippen molar-refractivity contribution in [3.63, 3.8) is 0 Å². The number of hydrogen-bond donors (Lipinski definition) is 2. The van der Waals surface area contributed by atoms with Crippen LogP contribution in [0.1, 0.15) is 29.5 Å². The Morgan fingerprint density at radius 3 is 2.75 bits per heavy atom. The molecule has 28 heavy (non-hydrogen) atoms. The highest BCUT2D eigenvalue weighted by atomic mass is 35.5. The molecule has 148 valence electrons. The second-order valence-corrected chi connectivity index (χ2v) is 6.74. The Morgan fingerprint density at radius 2 is 2.04 bits per heavy atom. The average molecular weight is 413 g/mol. The Balaban J connectivity index is 1.60. The third-order valence-electron chi connectivity index (χ3n) is 4.53. The molecule has 0 saturated carbocycles. The highest BCUT2D eigenvalue weighted by Crippen LogP contribution is 2.34. The van der Waals surface area contributed by atoms with E-state index >= 15 is 0 Å². The second kappa shape index (κ2) is 6.66. The van der Waals surface area contributed by atoms with Crippen molar-refractivity contribution in [2.45, 2.75) is 32.1 Å². The lowest BCUT2D eigenvalue weighted by atomic mass is 10.2. The number of alkyl halides is 3. The van der Waals surface area contributed by atoms with Gasteiger partial charge >= 0.3 is 6.18 Å². The van der Waals surface area contributed by atoms with Crippen LogP contribution in [0.3, 0.4) is 0 Å². The second-order valence-electron chi connectivity index (χ2n) is 6.36. The average Bonchev–Trinajstić information content (AvgIpc) is 3.28. The summed E-state index contributed by atoms with van der Waals surface area (Å²) in [4.78, 5) is 12.0. The lowest BCUT2D eigenvalue weighted by Crippen LogP contribution is -2.12. The molecule has 0 spiro atoms. The van der Waals surface area contributed by atoms with Gasteiger partial charge in [-0.3, -0.25) is 4.68 Å². The summed E-state index contributed by atoms with van der Waals surface area (Å²) in [6.45, 7) is 2.57. The molecule has 0 fully saturated rings. The molecule has 0 saturated heterocycles. The van der Waals surface area contributed by atoms with Crippen LogP contribution in [0.4, 0.5) is 30.6 Å². The number of aromatic nitrogens is 6. The molecule has 3 aromatic heterocycles. The molecule has 2 N–H and O–H groups in total. The van der Waals surface area contributed by atoms with Crippen molar-refractivity contribution in [2.24, 2.45) is 0 Å². The van der Waals surface area contributed by atoms with E-state index in [0.29, 0.717) is 16.5 Å². The number of fused-ring (bicyclic) bond motifs is 1. The van der Waals surface area contributed by atoms with Crippen LogP contribution >= 0.6 is 11.6 Å². The van der Waals surface area contributed by atoms with Crippen LogP contribution in [-0.4, -0.2) is 36.3 Å². The highest BCUT2D eigenvalue weighted by Gasteiger charge is 2.35. The van der Waals surface area contributed by atoms with Crippen LogP contribution in [0.25, 0.3) is 0 Å². The molecule has 3 aromatic rings. The van der Waals surface area contributed by atoms with Crippen molar-refractivity contribution in [2.75, 3.05) is 17.7 Å². The van der Waals surface area contributed by atoms with Gasteiger partial charge in [-0.1, -0.05) is 11.6 Å². The zero-order chi connectivity index (χ0) is 20.1. The number of halogens is 4. The molecule has 4 heterocycles. The van der Waals surface area contributed by atoms with E-state index in [1.807, 2.05) is 4.57 Å². The molecule has 1 atom stereocenters. The summed E-state index contributed by atoms with van der Waals surface area (Å²) in [7, 11) is 1.37. The number of nitrogens with one attached hydrogen (secondary N) is 2. The SMILES string of the molecule is CNc1nc(Nc2cn(C3CCn4cc(Cl)nc43)nc2C)ncc1C(F)(F)F. The smallest absolute Gasteiger partial charge is 0.372 e. The van der Waals surface area contributed by atoms with Crippen molar-refractivity contribution in [1.82, 2.24) is 29.3 Å². The number of hydrogen-bond acceptors (Lipinski definition) is 6. The minimum absolute atomic E-state index is 0.0379. The molecular weight excluding hydrogens is 397 g/mol. The largest absolute Gasteiger partial charge is 0.421 e. The fourth-order valence-electron chi connectivity index (χ4n) is 3.21. The molecule has 12 heteroatoms. The molecule has 0 aliphatic carbocycles. The molecule has 8 nitrogen and oxygen atoms in total. The number of imidazole rings is 1. The van der Waals surface area contributed by atoms with Crippen LogP contribution in [0.15, 0.2) is 18.6 Å². The maximum atomic E-state index is 13.0. The predicted molar refractivity (Wildman–Crippen MR) is 96.8 cm³/mol. The zero-order valence-corrected chi connectivity index (χ0v) is 15.7. The summed E-state index contributed by atoms with van der Waals surface area (Å²) in [6.07, 6.45) is 0.570. The van der Waals surface area contributed by atoms with Crippen molar-refractivity contribution >= 4 is 29.1 Å². The van der Waals surface area contributed by atoms with E-state index in [9.17, 15) is 13.2 Å². The van der Waals surface area contributed by atoms with Gasteiger partial charge in [0, 0.05) is 32.2 Å². The quantitative estimate of drug-likeness (QED) is 0.680. The van der Waals surface area contributed by atoms with Gasteiger partial charge in [-0.15, -0.1) is 0 Å². The first kappa shape index (κ1) is 18.5. The summed E-state index contributed by atoms with van der Waals surface area (Å²) in [5, 5.41) is 10.3. The molecule has 0 amide bonds. The molecule has 0 radical (unpaired) electrons. The number of aryl methyl sites for hydroxylation is 2. The zero-order valence-electron chi connectivity index (χ0n) is 14.9. The highest BCUT2D eigenvalue weighted by molar-refractivity contribution is 6.29. The van der Waals surface area contributed by atoms with Crippen LogP contribution < -0.4 is 10.6 Å². The van der Waals surface area contributed by atoms with Crippen LogP contribution in [0.2, 0.25) is 5.15 Å². The van der Waals surface area contributed by atoms with Gasteiger partial charge < -0.3 is 15.2 Å². The Morgan fingerprint density at radius 1 is 1.25 bits per heavy atom. The van der Waals surface area contributed by atoms with Crippen molar-refractivity contribution in [3.8, 4) is 0 Å². The summed E-state index contributed by atoms with van der Waals surface area (Å²) in [5.74, 6) is 0.556. The molecule has 1 aliphatic rings. The van der Waals surface area contributed by atoms with E-state index in [0.717, 1.165) is 25.0 Å². The van der Waals surface area contributed by atoms with Gasteiger partial charge in [-0.25, -0.2) is 9.97 Å². The molecule has 0 bridgehead atoms. The Labute approximate surface area is 162 Å². The lowest BCUT2D eigenvalue weighted by molar-refractivity contribution is -0.137. The van der Waals surface area contributed by atoms with E-state index in [4.69, 9.17) is 11.6 Å². The molecule has 0 aromatic carbocycles. The van der Waals surface area contributed by atoms with Crippen LogP contribution in [0.5, 0.6) is 0 Å². The number of anilines is 3. The predicted octanol–water partition coefficient (Wildman–Crippen LogP) is 3.63. The minimum atomic E-state index is -4.54. The van der Waals surface area contributed by atoms with Crippen molar-refractivity contribution in [1.29, 1.82) is 0 Å². The normalized spacial score (nSPS) is 16.3. The van der Waals surface area contributed by atoms with Gasteiger partial charge in [0.25, 0.3) is 0 Å². The van der Waals surface area contributed by atoms with E-state index in [-0.39, 0.29) is 17.8 Å². The van der Waals surface area contributed by atoms with Gasteiger partial charge in [0.15, 0.2) is 0 Å². The molecule has 1 unspecified atom stereocenters. The first-order valence-electron chi connectivity index (χ1n) is 8.43. The van der Waals surface area contributed by atoms with E-state index in [2.05, 4.69) is 30.7 Å². The fraction of sp³-hybridized carbons (Fsp3) is 0.375. The summed E-state index contributed by atoms with van der Waals surface area (Å²) in [5.41, 5.74) is 0.325. The number of rotatable bonds is 4. The van der Waals surface area contributed by atoms with Gasteiger partial charge in [-0.2, -0.15) is 23.3 Å². The molecular formula is C16H16ClF3N8. The maximum Gasteiger partial charge on any atom is 0.421 e. The molecule has 1 aliphatic heterocycles. The lowest BCUT2D eigenvalue weighted by Gasteiger charge is -2.12. The maximum absolute atomic E-state index is 13.0. The summed E-state index contributed by atoms with van der Waals surface area (Å²) in [6, 6.07) is -0.0665. The van der Waals surface area contributed by atoms with Gasteiger partial charge in [0.2, 0.25) is 5.95 Å². The standard InChI is InChI=1S/C16H16ClF3N8/c1-8-10(23-15-22-5-9(16(18,19)20)13(21-2)25-15)6-28(26-8)11-3-4-27-7-12(17)24-14(11)27/h5-7,11H,3-4H2,1-2H3,(H2,21,22,23,25). The van der Waals surface area contributed by atoms with Gasteiger partial charge in [0.05, 0.1) is 11.4 Å².